The smallest absolute Gasteiger partial charge is 0.305 e. The Morgan fingerprint density at radius 1 is 1.08 bits per heavy atom. The molecule has 0 fully saturated rings. The lowest BCUT2D eigenvalue weighted by Gasteiger charge is -2.17. The second-order valence-corrected chi connectivity index (χ2v) is 6.39. The zero-order chi connectivity index (χ0) is 18.2. The second-order valence-electron chi connectivity index (χ2n) is 6.39. The van der Waals surface area contributed by atoms with Crippen LogP contribution in [0.2, 0.25) is 0 Å². The van der Waals surface area contributed by atoms with E-state index in [0.717, 1.165) is 18.6 Å². The van der Waals surface area contributed by atoms with Crippen LogP contribution in [-0.4, -0.2) is 13.1 Å². The van der Waals surface area contributed by atoms with Crippen molar-refractivity contribution in [2.75, 3.05) is 7.11 Å². The summed E-state index contributed by atoms with van der Waals surface area (Å²) in [5.74, 6) is 1.11. The van der Waals surface area contributed by atoms with Gasteiger partial charge < -0.3 is 9.47 Å². The number of hydrogen-bond donors (Lipinski definition) is 0. The molecule has 3 nitrogen and oxygen atoms in total. The summed E-state index contributed by atoms with van der Waals surface area (Å²) in [5.41, 5.74) is 3.56. The summed E-state index contributed by atoms with van der Waals surface area (Å²) in [6, 6.07) is 18.7. The molecule has 0 spiro atoms. The van der Waals surface area contributed by atoms with E-state index in [1.54, 1.807) is 0 Å². The summed E-state index contributed by atoms with van der Waals surface area (Å²) >= 11 is 0. The van der Waals surface area contributed by atoms with Gasteiger partial charge in [0.25, 0.3) is 0 Å². The van der Waals surface area contributed by atoms with Gasteiger partial charge in [0, 0.05) is 6.42 Å². The Hall–Kier alpha value is -2.81. The minimum Gasteiger partial charge on any atom is -0.489 e. The molecule has 0 aliphatic heterocycles. The van der Waals surface area contributed by atoms with E-state index in [1.807, 2.05) is 30.3 Å². The van der Waals surface area contributed by atoms with Crippen molar-refractivity contribution in [3.63, 3.8) is 0 Å². The van der Waals surface area contributed by atoms with E-state index in [2.05, 4.69) is 42.5 Å². The summed E-state index contributed by atoms with van der Waals surface area (Å²) in [6.07, 6.45) is 8.40. The zero-order valence-corrected chi connectivity index (χ0v) is 15.1. The molecule has 1 atom stereocenters. The standard InChI is InChI=1S/C23H24O3/c1-25-23(24)16-13-18-11-14-21(15-12-18)26-17-20-9-5-6-10-22(20)19-7-3-2-4-8-19/h2-11,14-15,18H,12-13,16-17H2,1H3. The van der Waals surface area contributed by atoms with Gasteiger partial charge in [-0.05, 0) is 47.6 Å². The topological polar surface area (TPSA) is 35.5 Å². The maximum atomic E-state index is 11.2. The summed E-state index contributed by atoms with van der Waals surface area (Å²) in [7, 11) is 1.43. The molecule has 1 aliphatic carbocycles. The molecule has 26 heavy (non-hydrogen) atoms. The molecular weight excluding hydrogens is 324 g/mol. The van der Waals surface area contributed by atoms with E-state index >= 15 is 0 Å². The molecule has 0 radical (unpaired) electrons. The van der Waals surface area contributed by atoms with E-state index in [-0.39, 0.29) is 5.97 Å². The number of rotatable bonds is 7. The highest BCUT2D eigenvalue weighted by molar-refractivity contribution is 5.69. The fourth-order valence-corrected chi connectivity index (χ4v) is 3.08. The van der Waals surface area contributed by atoms with Crippen molar-refractivity contribution in [1.29, 1.82) is 0 Å². The van der Waals surface area contributed by atoms with Gasteiger partial charge in [0.15, 0.2) is 0 Å². The van der Waals surface area contributed by atoms with Gasteiger partial charge in [0.1, 0.15) is 12.4 Å². The molecule has 0 heterocycles. The highest BCUT2D eigenvalue weighted by Gasteiger charge is 2.12. The highest BCUT2D eigenvalue weighted by Crippen LogP contribution is 2.26. The van der Waals surface area contributed by atoms with E-state index in [9.17, 15) is 4.79 Å². The van der Waals surface area contributed by atoms with Crippen molar-refractivity contribution < 1.29 is 14.3 Å². The van der Waals surface area contributed by atoms with Gasteiger partial charge in [0.2, 0.25) is 0 Å². The van der Waals surface area contributed by atoms with Crippen molar-refractivity contribution >= 4 is 5.97 Å². The van der Waals surface area contributed by atoms with Crippen LogP contribution in [0.5, 0.6) is 0 Å². The molecule has 2 aromatic carbocycles. The van der Waals surface area contributed by atoms with Gasteiger partial charge in [-0.3, -0.25) is 4.79 Å². The fourth-order valence-electron chi connectivity index (χ4n) is 3.08. The summed E-state index contributed by atoms with van der Waals surface area (Å²) < 4.78 is 10.7. The van der Waals surface area contributed by atoms with Crippen LogP contribution in [0, 0.1) is 5.92 Å². The molecule has 3 heteroatoms. The third-order valence-electron chi connectivity index (χ3n) is 4.60. The maximum absolute atomic E-state index is 11.2. The number of allylic oxidation sites excluding steroid dienone is 3. The van der Waals surface area contributed by atoms with Crippen LogP contribution in [0.1, 0.15) is 24.8 Å². The normalized spacial score (nSPS) is 16.0. The van der Waals surface area contributed by atoms with Crippen LogP contribution >= 0.6 is 0 Å². The van der Waals surface area contributed by atoms with Gasteiger partial charge in [-0.2, -0.15) is 0 Å². The van der Waals surface area contributed by atoms with Crippen molar-refractivity contribution in [2.45, 2.75) is 25.9 Å². The van der Waals surface area contributed by atoms with E-state index in [4.69, 9.17) is 9.47 Å². The molecule has 0 N–H and O–H groups in total. The number of carbonyl (C=O) groups is 1. The Labute approximate surface area is 155 Å². The molecule has 0 amide bonds. The first-order valence-corrected chi connectivity index (χ1v) is 8.97. The van der Waals surface area contributed by atoms with Crippen LogP contribution in [0.3, 0.4) is 0 Å². The third kappa shape index (κ3) is 4.85. The van der Waals surface area contributed by atoms with Gasteiger partial charge in [-0.1, -0.05) is 60.7 Å². The van der Waals surface area contributed by atoms with Crippen LogP contribution < -0.4 is 0 Å². The molecule has 3 rings (SSSR count). The monoisotopic (exact) mass is 348 g/mol. The second kappa shape index (κ2) is 9.04. The van der Waals surface area contributed by atoms with Gasteiger partial charge in [-0.15, -0.1) is 0 Å². The van der Waals surface area contributed by atoms with Crippen LogP contribution in [0.15, 0.2) is 78.6 Å². The van der Waals surface area contributed by atoms with Gasteiger partial charge in [-0.25, -0.2) is 0 Å². The molecule has 1 aliphatic rings. The zero-order valence-electron chi connectivity index (χ0n) is 15.1. The predicted octanol–water partition coefficient (Wildman–Crippen LogP) is 5.28. The van der Waals surface area contributed by atoms with Gasteiger partial charge in [0.05, 0.1) is 7.11 Å². The van der Waals surface area contributed by atoms with Crippen molar-refractivity contribution in [3.05, 3.63) is 84.1 Å². The van der Waals surface area contributed by atoms with Crippen molar-refractivity contribution in [1.82, 2.24) is 0 Å². The quantitative estimate of drug-likeness (QED) is 0.638. The Bertz CT molecular complexity index is 790. The lowest BCUT2D eigenvalue weighted by molar-refractivity contribution is -0.140. The number of carbonyl (C=O) groups excluding carboxylic acids is 1. The number of methoxy groups -OCH3 is 1. The molecule has 0 aromatic heterocycles. The predicted molar refractivity (Wildman–Crippen MR) is 103 cm³/mol. The summed E-state index contributed by atoms with van der Waals surface area (Å²) in [6.45, 7) is 0.536. The summed E-state index contributed by atoms with van der Waals surface area (Å²) in [4.78, 5) is 11.2. The van der Waals surface area contributed by atoms with Crippen LogP contribution in [0.4, 0.5) is 0 Å². The SMILES string of the molecule is COC(=O)CCC1C=CC(OCc2ccccc2-c2ccccc2)=CC1. The maximum Gasteiger partial charge on any atom is 0.305 e. The minimum atomic E-state index is -0.151. The average molecular weight is 348 g/mol. The minimum absolute atomic E-state index is 0.151. The van der Waals surface area contributed by atoms with Crippen molar-refractivity contribution in [2.24, 2.45) is 5.92 Å². The number of hydrogen-bond acceptors (Lipinski definition) is 3. The van der Waals surface area contributed by atoms with Crippen molar-refractivity contribution in [3.8, 4) is 11.1 Å². The largest absolute Gasteiger partial charge is 0.489 e. The average Bonchev–Trinajstić information content (AvgIpc) is 2.72. The lowest BCUT2D eigenvalue weighted by atomic mass is 9.95. The van der Waals surface area contributed by atoms with E-state index in [0.29, 0.717) is 18.9 Å². The third-order valence-corrected chi connectivity index (χ3v) is 4.60. The van der Waals surface area contributed by atoms with Gasteiger partial charge >= 0.3 is 5.97 Å². The lowest BCUT2D eigenvalue weighted by Crippen LogP contribution is -2.07. The number of benzene rings is 2. The molecular formula is C23H24O3. The first kappa shape index (κ1) is 18.0. The van der Waals surface area contributed by atoms with Crippen LogP contribution in [-0.2, 0) is 20.9 Å². The first-order valence-electron chi connectivity index (χ1n) is 8.97. The Kier molecular flexibility index (Phi) is 6.26. The Morgan fingerprint density at radius 2 is 1.85 bits per heavy atom. The molecule has 1 unspecified atom stereocenters. The number of ether oxygens (including phenoxy) is 2. The van der Waals surface area contributed by atoms with Crippen LogP contribution in [0.25, 0.3) is 11.1 Å². The van der Waals surface area contributed by atoms with E-state index in [1.165, 1.54) is 23.8 Å². The molecule has 0 saturated heterocycles. The molecule has 134 valence electrons. The van der Waals surface area contributed by atoms with E-state index < -0.39 is 0 Å². The Morgan fingerprint density at radius 3 is 2.58 bits per heavy atom. The summed E-state index contributed by atoms with van der Waals surface area (Å²) in [5, 5.41) is 0. The fraction of sp³-hybridized carbons (Fsp3) is 0.261. The molecule has 0 saturated carbocycles. The highest BCUT2D eigenvalue weighted by atomic mass is 16.5. The Balaban J connectivity index is 1.57. The molecule has 2 aromatic rings. The number of esters is 1. The first-order chi connectivity index (χ1) is 12.8. The molecule has 0 bridgehead atoms.